The average molecular weight is 274 g/mol. The summed E-state index contributed by atoms with van der Waals surface area (Å²) in [6.07, 6.45) is 6.37. The fraction of sp³-hybridized carbons (Fsp3) is 0.100. The lowest BCUT2D eigenvalue weighted by Gasteiger charge is -2.13. The molecule has 0 aliphatic heterocycles. The van der Waals surface area contributed by atoms with Gasteiger partial charge in [-0.05, 0) is 40.8 Å². The third-order valence-electron chi connectivity index (χ3n) is 3.58. The van der Waals surface area contributed by atoms with Gasteiger partial charge in [0.1, 0.15) is 5.76 Å². The third-order valence-corrected chi connectivity index (χ3v) is 3.58. The first-order valence-corrected chi connectivity index (χ1v) is 7.20. The SMILES string of the molecule is C=C(C=C1c2ccccc2C=Cc2ccccc21)OCC. The average Bonchev–Trinajstić information content (AvgIpc) is 2.66. The van der Waals surface area contributed by atoms with Crippen LogP contribution in [0.25, 0.3) is 17.7 Å². The Kier molecular flexibility index (Phi) is 3.74. The summed E-state index contributed by atoms with van der Waals surface area (Å²) in [7, 11) is 0. The van der Waals surface area contributed by atoms with E-state index < -0.39 is 0 Å². The maximum absolute atomic E-state index is 5.52. The second-order valence-corrected chi connectivity index (χ2v) is 4.97. The minimum absolute atomic E-state index is 0.629. The molecule has 0 amide bonds. The van der Waals surface area contributed by atoms with Crippen LogP contribution in [-0.4, -0.2) is 6.61 Å². The van der Waals surface area contributed by atoms with E-state index in [2.05, 4.69) is 67.3 Å². The molecule has 2 aromatic carbocycles. The molecule has 2 aromatic rings. The van der Waals surface area contributed by atoms with Gasteiger partial charge in [0.15, 0.2) is 0 Å². The van der Waals surface area contributed by atoms with Crippen LogP contribution >= 0.6 is 0 Å². The molecule has 0 saturated carbocycles. The van der Waals surface area contributed by atoms with Crippen LogP contribution in [0.1, 0.15) is 29.2 Å². The van der Waals surface area contributed by atoms with Gasteiger partial charge in [0, 0.05) is 0 Å². The van der Waals surface area contributed by atoms with Gasteiger partial charge in [0.2, 0.25) is 0 Å². The molecule has 1 aliphatic carbocycles. The largest absolute Gasteiger partial charge is 0.494 e. The van der Waals surface area contributed by atoms with Crippen molar-refractivity contribution in [2.45, 2.75) is 6.92 Å². The van der Waals surface area contributed by atoms with Crippen molar-refractivity contribution in [3.63, 3.8) is 0 Å². The zero-order valence-corrected chi connectivity index (χ0v) is 12.2. The molecule has 0 heterocycles. The highest BCUT2D eigenvalue weighted by Crippen LogP contribution is 2.34. The van der Waals surface area contributed by atoms with E-state index in [9.17, 15) is 0 Å². The van der Waals surface area contributed by atoms with Crippen molar-refractivity contribution in [2.24, 2.45) is 0 Å². The Morgan fingerprint density at radius 3 is 2.00 bits per heavy atom. The first-order chi connectivity index (χ1) is 10.3. The van der Waals surface area contributed by atoms with Crippen molar-refractivity contribution in [2.75, 3.05) is 6.61 Å². The van der Waals surface area contributed by atoms with Crippen molar-refractivity contribution in [3.8, 4) is 0 Å². The van der Waals surface area contributed by atoms with Gasteiger partial charge in [-0.25, -0.2) is 0 Å². The van der Waals surface area contributed by atoms with Gasteiger partial charge >= 0.3 is 0 Å². The van der Waals surface area contributed by atoms with Crippen LogP contribution in [0.4, 0.5) is 0 Å². The Balaban J connectivity index is 2.22. The topological polar surface area (TPSA) is 9.23 Å². The summed E-state index contributed by atoms with van der Waals surface area (Å²) in [6, 6.07) is 16.8. The van der Waals surface area contributed by atoms with Crippen LogP contribution in [0.5, 0.6) is 0 Å². The monoisotopic (exact) mass is 274 g/mol. The van der Waals surface area contributed by atoms with Gasteiger partial charge in [0.05, 0.1) is 6.61 Å². The molecule has 21 heavy (non-hydrogen) atoms. The molecule has 1 aliphatic rings. The van der Waals surface area contributed by atoms with Crippen LogP contribution < -0.4 is 0 Å². The number of ether oxygens (including phenoxy) is 1. The normalized spacial score (nSPS) is 12.1. The Labute approximate surface area is 125 Å². The Bertz CT molecular complexity index is 684. The highest BCUT2D eigenvalue weighted by molar-refractivity contribution is 5.94. The molecule has 0 saturated heterocycles. The Hall–Kier alpha value is -2.54. The summed E-state index contributed by atoms with van der Waals surface area (Å²) in [5.74, 6) is 0.694. The summed E-state index contributed by atoms with van der Waals surface area (Å²) in [6.45, 7) is 6.60. The van der Waals surface area contributed by atoms with Crippen molar-refractivity contribution < 1.29 is 4.74 Å². The number of rotatable bonds is 3. The van der Waals surface area contributed by atoms with Gasteiger partial charge in [-0.1, -0.05) is 67.3 Å². The highest BCUT2D eigenvalue weighted by Gasteiger charge is 2.14. The fourth-order valence-electron chi connectivity index (χ4n) is 2.64. The standard InChI is InChI=1S/C20H18O/c1-3-21-15(2)14-20-18-10-6-4-8-16(18)12-13-17-9-5-7-11-19(17)20/h4-14H,2-3H2,1H3. The molecule has 0 spiro atoms. The predicted octanol–water partition coefficient (Wildman–Crippen LogP) is 5.15. The molecule has 104 valence electrons. The number of benzene rings is 2. The summed E-state index contributed by atoms with van der Waals surface area (Å²) in [5, 5.41) is 0. The minimum atomic E-state index is 0.629. The van der Waals surface area contributed by atoms with Crippen LogP contribution in [0.2, 0.25) is 0 Å². The number of allylic oxidation sites excluding steroid dienone is 1. The molecule has 0 radical (unpaired) electrons. The molecular weight excluding hydrogens is 256 g/mol. The van der Waals surface area contributed by atoms with Gasteiger partial charge in [0.25, 0.3) is 0 Å². The van der Waals surface area contributed by atoms with E-state index in [-0.39, 0.29) is 0 Å². The zero-order chi connectivity index (χ0) is 14.7. The maximum atomic E-state index is 5.52. The van der Waals surface area contributed by atoms with Gasteiger partial charge in [-0.3, -0.25) is 0 Å². The lowest BCUT2D eigenvalue weighted by molar-refractivity contribution is 0.244. The summed E-state index contributed by atoms with van der Waals surface area (Å²) < 4.78 is 5.52. The number of hydrogen-bond donors (Lipinski definition) is 0. The van der Waals surface area contributed by atoms with Crippen molar-refractivity contribution in [3.05, 3.63) is 89.2 Å². The highest BCUT2D eigenvalue weighted by atomic mass is 16.5. The van der Waals surface area contributed by atoms with Crippen molar-refractivity contribution >= 4 is 17.7 Å². The summed E-state index contributed by atoms with van der Waals surface area (Å²) in [4.78, 5) is 0. The van der Waals surface area contributed by atoms with Gasteiger partial charge in [-0.2, -0.15) is 0 Å². The van der Waals surface area contributed by atoms with Crippen LogP contribution in [0, 0.1) is 0 Å². The summed E-state index contributed by atoms with van der Waals surface area (Å²) >= 11 is 0. The molecule has 0 fully saturated rings. The Morgan fingerprint density at radius 2 is 1.48 bits per heavy atom. The quantitative estimate of drug-likeness (QED) is 0.600. The van der Waals surface area contributed by atoms with Crippen molar-refractivity contribution in [1.82, 2.24) is 0 Å². The number of fused-ring (bicyclic) bond motifs is 2. The van der Waals surface area contributed by atoms with E-state index in [1.54, 1.807) is 0 Å². The molecular formula is C20H18O. The molecule has 0 aromatic heterocycles. The first kappa shape index (κ1) is 13.4. The van der Waals surface area contributed by atoms with E-state index in [1.807, 2.05) is 13.0 Å². The second-order valence-electron chi connectivity index (χ2n) is 4.97. The van der Waals surface area contributed by atoms with E-state index in [0.717, 1.165) is 5.57 Å². The smallest absolute Gasteiger partial charge is 0.112 e. The first-order valence-electron chi connectivity index (χ1n) is 7.20. The third kappa shape index (κ3) is 2.68. The molecule has 0 N–H and O–H groups in total. The Morgan fingerprint density at radius 1 is 0.952 bits per heavy atom. The lowest BCUT2D eigenvalue weighted by atomic mass is 9.93. The molecule has 1 nitrogen and oxygen atoms in total. The van der Waals surface area contributed by atoms with Crippen LogP contribution in [0.3, 0.4) is 0 Å². The van der Waals surface area contributed by atoms with E-state index in [1.165, 1.54) is 22.3 Å². The fourth-order valence-corrected chi connectivity index (χ4v) is 2.64. The predicted molar refractivity (Wildman–Crippen MR) is 89.7 cm³/mol. The van der Waals surface area contributed by atoms with E-state index in [0.29, 0.717) is 12.4 Å². The number of hydrogen-bond acceptors (Lipinski definition) is 1. The van der Waals surface area contributed by atoms with E-state index >= 15 is 0 Å². The van der Waals surface area contributed by atoms with Crippen LogP contribution in [0.15, 0.2) is 66.9 Å². The minimum Gasteiger partial charge on any atom is -0.494 e. The van der Waals surface area contributed by atoms with Gasteiger partial charge < -0.3 is 4.74 Å². The summed E-state index contributed by atoms with van der Waals surface area (Å²) in [5.41, 5.74) is 6.00. The second kappa shape index (κ2) is 5.84. The molecule has 1 heteroatoms. The molecule has 0 bridgehead atoms. The molecule has 3 rings (SSSR count). The van der Waals surface area contributed by atoms with Crippen LogP contribution in [-0.2, 0) is 4.74 Å². The molecule has 0 atom stereocenters. The zero-order valence-electron chi connectivity index (χ0n) is 12.2. The van der Waals surface area contributed by atoms with E-state index in [4.69, 9.17) is 4.74 Å². The van der Waals surface area contributed by atoms with Crippen molar-refractivity contribution in [1.29, 1.82) is 0 Å². The lowest BCUT2D eigenvalue weighted by Crippen LogP contribution is -1.94. The van der Waals surface area contributed by atoms with Gasteiger partial charge in [-0.15, -0.1) is 0 Å². The molecule has 0 unspecified atom stereocenters. The maximum Gasteiger partial charge on any atom is 0.112 e.